The van der Waals surface area contributed by atoms with Crippen molar-refractivity contribution in [2.45, 2.75) is 31.7 Å². The minimum atomic E-state index is -0.766. The Balaban J connectivity index is 1.52. The first-order valence-electron chi connectivity index (χ1n) is 10.4. The van der Waals surface area contributed by atoms with Gasteiger partial charge in [-0.15, -0.1) is 0 Å². The van der Waals surface area contributed by atoms with Gasteiger partial charge in [0.2, 0.25) is 0 Å². The first-order valence-corrected chi connectivity index (χ1v) is 10.4. The highest BCUT2D eigenvalue weighted by Gasteiger charge is 2.13. The summed E-state index contributed by atoms with van der Waals surface area (Å²) in [7, 11) is 0. The summed E-state index contributed by atoms with van der Waals surface area (Å²) in [6, 6.07) is 27.5. The summed E-state index contributed by atoms with van der Waals surface area (Å²) in [6.45, 7) is 0. The molecule has 0 aliphatic rings. The Morgan fingerprint density at radius 2 is 1.67 bits per heavy atom. The molecule has 3 aromatic carbocycles. The average Bonchev–Trinajstić information content (AvgIpc) is 3.24. The van der Waals surface area contributed by atoms with Crippen molar-refractivity contribution < 1.29 is 9.90 Å². The number of carboxylic acids is 1. The molecule has 4 nitrogen and oxygen atoms in total. The van der Waals surface area contributed by atoms with E-state index < -0.39 is 5.97 Å². The third-order valence-corrected chi connectivity index (χ3v) is 5.47. The molecule has 0 saturated carbocycles. The van der Waals surface area contributed by atoms with Crippen molar-refractivity contribution in [3.05, 3.63) is 102 Å². The smallest absolute Gasteiger partial charge is 0.303 e. The van der Waals surface area contributed by atoms with Crippen LogP contribution in [-0.4, -0.2) is 16.1 Å². The van der Waals surface area contributed by atoms with Gasteiger partial charge in [-0.3, -0.25) is 4.79 Å². The molecule has 0 saturated heterocycles. The Bertz CT molecular complexity index is 1100. The lowest BCUT2D eigenvalue weighted by molar-refractivity contribution is -0.136. The number of aromatic nitrogens is 1. The van der Waals surface area contributed by atoms with Crippen LogP contribution < -0.4 is 5.32 Å². The maximum absolute atomic E-state index is 10.8. The molecule has 0 radical (unpaired) electrons. The van der Waals surface area contributed by atoms with E-state index in [1.165, 1.54) is 16.5 Å². The number of benzene rings is 3. The molecule has 0 aliphatic heterocycles. The number of hydrogen-bond acceptors (Lipinski definition) is 2. The zero-order chi connectivity index (χ0) is 20.8. The first-order chi connectivity index (χ1) is 14.7. The van der Waals surface area contributed by atoms with Crippen molar-refractivity contribution in [2.75, 3.05) is 5.32 Å². The maximum atomic E-state index is 10.8. The Morgan fingerprint density at radius 3 is 2.43 bits per heavy atom. The Hall–Kier alpha value is -3.53. The van der Waals surface area contributed by atoms with Crippen LogP contribution in [-0.2, 0) is 17.6 Å². The fourth-order valence-corrected chi connectivity index (χ4v) is 3.78. The van der Waals surface area contributed by atoms with Gasteiger partial charge in [-0.1, -0.05) is 54.6 Å². The lowest BCUT2D eigenvalue weighted by atomic mass is 9.97. The molecular weight excluding hydrogens is 372 g/mol. The molecule has 3 N–H and O–H groups in total. The summed E-state index contributed by atoms with van der Waals surface area (Å²) in [5, 5.41) is 13.8. The average molecular weight is 399 g/mol. The largest absolute Gasteiger partial charge is 0.481 e. The molecule has 4 heteroatoms. The van der Waals surface area contributed by atoms with Crippen LogP contribution in [0.4, 0.5) is 5.69 Å². The number of aromatic amines is 1. The lowest BCUT2D eigenvalue weighted by Gasteiger charge is -2.21. The van der Waals surface area contributed by atoms with Crippen LogP contribution in [0.5, 0.6) is 0 Å². The van der Waals surface area contributed by atoms with Crippen LogP contribution in [0.25, 0.3) is 10.9 Å². The quantitative estimate of drug-likeness (QED) is 0.325. The molecule has 4 aromatic rings. The zero-order valence-corrected chi connectivity index (χ0v) is 16.8. The van der Waals surface area contributed by atoms with Gasteiger partial charge in [-0.25, -0.2) is 0 Å². The van der Waals surface area contributed by atoms with Crippen LogP contribution in [0.3, 0.4) is 0 Å². The number of nitrogens with one attached hydrogen (secondary N) is 2. The van der Waals surface area contributed by atoms with E-state index in [0.717, 1.165) is 29.6 Å². The highest BCUT2D eigenvalue weighted by molar-refractivity contribution is 5.80. The van der Waals surface area contributed by atoms with E-state index in [1.54, 1.807) is 0 Å². The Morgan fingerprint density at radius 1 is 0.900 bits per heavy atom. The molecular formula is C26H26N2O2. The van der Waals surface area contributed by atoms with Gasteiger partial charge < -0.3 is 15.4 Å². The molecule has 4 rings (SSSR count). The van der Waals surface area contributed by atoms with Crippen LogP contribution in [0, 0.1) is 0 Å². The summed E-state index contributed by atoms with van der Waals surface area (Å²) in [5.41, 5.74) is 5.79. The fourth-order valence-electron chi connectivity index (χ4n) is 3.78. The highest BCUT2D eigenvalue weighted by Crippen LogP contribution is 2.27. The Labute approximate surface area is 176 Å². The van der Waals surface area contributed by atoms with Gasteiger partial charge in [-0.05, 0) is 65.6 Å². The molecule has 1 atom stereocenters. The van der Waals surface area contributed by atoms with E-state index in [-0.39, 0.29) is 12.5 Å². The van der Waals surface area contributed by atoms with Crippen molar-refractivity contribution >= 4 is 22.6 Å². The van der Waals surface area contributed by atoms with Crippen LogP contribution in [0.1, 0.15) is 35.6 Å². The van der Waals surface area contributed by atoms with Crippen LogP contribution in [0.15, 0.2) is 85.1 Å². The van der Waals surface area contributed by atoms with Gasteiger partial charge >= 0.3 is 5.97 Å². The number of carboxylic acid groups (broad SMARTS) is 1. The van der Waals surface area contributed by atoms with E-state index in [4.69, 9.17) is 5.11 Å². The monoisotopic (exact) mass is 398 g/mol. The van der Waals surface area contributed by atoms with Crippen LogP contribution in [0.2, 0.25) is 0 Å². The highest BCUT2D eigenvalue weighted by atomic mass is 16.4. The summed E-state index contributed by atoms with van der Waals surface area (Å²) >= 11 is 0. The van der Waals surface area contributed by atoms with Crippen molar-refractivity contribution in [1.82, 2.24) is 4.98 Å². The predicted molar refractivity (Wildman–Crippen MR) is 122 cm³/mol. The van der Waals surface area contributed by atoms with E-state index in [9.17, 15) is 4.79 Å². The number of aryl methyl sites for hydroxylation is 2. The number of carbonyl (C=O) groups is 1. The van der Waals surface area contributed by atoms with E-state index in [2.05, 4.69) is 58.8 Å². The SMILES string of the molecule is O=C(O)CCc1ccc(NC(CCc2ccccc2)c2ccc3cc[nH]c3c2)cc1. The summed E-state index contributed by atoms with van der Waals surface area (Å²) in [4.78, 5) is 14.1. The molecule has 0 spiro atoms. The number of aliphatic carboxylic acids is 1. The number of H-pyrrole nitrogens is 1. The second kappa shape index (κ2) is 9.31. The van der Waals surface area contributed by atoms with Gasteiger partial charge in [0.25, 0.3) is 0 Å². The van der Waals surface area contributed by atoms with Crippen molar-refractivity contribution in [3.63, 3.8) is 0 Å². The van der Waals surface area contributed by atoms with Crippen LogP contribution >= 0.6 is 0 Å². The molecule has 1 unspecified atom stereocenters. The van der Waals surface area contributed by atoms with Gasteiger partial charge in [0, 0.05) is 23.8 Å². The fraction of sp³-hybridized carbons (Fsp3) is 0.192. The molecule has 1 heterocycles. The second-order valence-corrected chi connectivity index (χ2v) is 7.64. The minimum Gasteiger partial charge on any atom is -0.481 e. The molecule has 1 aromatic heterocycles. The Kier molecular flexibility index (Phi) is 6.14. The maximum Gasteiger partial charge on any atom is 0.303 e. The molecule has 0 fully saturated rings. The number of rotatable bonds is 9. The summed E-state index contributed by atoms with van der Waals surface area (Å²) < 4.78 is 0. The molecule has 30 heavy (non-hydrogen) atoms. The van der Waals surface area contributed by atoms with Gasteiger partial charge in [-0.2, -0.15) is 0 Å². The number of anilines is 1. The lowest BCUT2D eigenvalue weighted by Crippen LogP contribution is -2.12. The first kappa shape index (κ1) is 19.8. The van der Waals surface area contributed by atoms with Crippen molar-refractivity contribution in [1.29, 1.82) is 0 Å². The van der Waals surface area contributed by atoms with Gasteiger partial charge in [0.05, 0.1) is 6.04 Å². The third-order valence-electron chi connectivity index (χ3n) is 5.47. The molecule has 0 amide bonds. The predicted octanol–water partition coefficient (Wildman–Crippen LogP) is 5.97. The van der Waals surface area contributed by atoms with Gasteiger partial charge in [0.15, 0.2) is 0 Å². The third kappa shape index (κ3) is 5.09. The standard InChI is InChI=1S/C26H26N2O2/c29-26(30)15-9-20-6-12-23(13-7-20)28-24(14-8-19-4-2-1-3-5-19)22-11-10-21-16-17-27-25(21)18-22/h1-7,10-13,16-18,24,27-28H,8-9,14-15H2,(H,29,30). The van der Waals surface area contributed by atoms with E-state index >= 15 is 0 Å². The van der Waals surface area contributed by atoms with Gasteiger partial charge in [0.1, 0.15) is 0 Å². The number of hydrogen-bond donors (Lipinski definition) is 3. The van der Waals surface area contributed by atoms with E-state index in [0.29, 0.717) is 6.42 Å². The molecule has 0 bridgehead atoms. The second-order valence-electron chi connectivity index (χ2n) is 7.64. The molecule has 152 valence electrons. The molecule has 0 aliphatic carbocycles. The summed E-state index contributed by atoms with van der Waals surface area (Å²) in [6.07, 6.45) is 4.63. The normalized spacial score (nSPS) is 12.0. The summed E-state index contributed by atoms with van der Waals surface area (Å²) in [5.74, 6) is -0.766. The van der Waals surface area contributed by atoms with Crippen molar-refractivity contribution in [2.24, 2.45) is 0 Å². The minimum absolute atomic E-state index is 0.155. The number of fused-ring (bicyclic) bond motifs is 1. The topological polar surface area (TPSA) is 65.1 Å². The van der Waals surface area contributed by atoms with E-state index in [1.807, 2.05) is 36.5 Å². The van der Waals surface area contributed by atoms with Crippen molar-refractivity contribution in [3.8, 4) is 0 Å². The zero-order valence-electron chi connectivity index (χ0n) is 16.8.